The summed E-state index contributed by atoms with van der Waals surface area (Å²) in [5.74, 6) is 0. The lowest BCUT2D eigenvalue weighted by Gasteiger charge is -1.83. The number of nitrogens with zero attached hydrogens (tertiary/aromatic N) is 4. The molecule has 0 amide bonds. The molecule has 2 rings (SSSR count). The molecular weight excluding hydrogens is 240 g/mol. The van der Waals surface area contributed by atoms with E-state index in [0.29, 0.717) is 4.73 Å². The molecule has 0 fully saturated rings. The zero-order valence-corrected chi connectivity index (χ0v) is 8.63. The van der Waals surface area contributed by atoms with Crippen LogP contribution in [0.1, 0.15) is 0 Å². The Balaban J connectivity index is 2.43. The van der Waals surface area contributed by atoms with Gasteiger partial charge < -0.3 is 0 Å². The van der Waals surface area contributed by atoms with Crippen molar-refractivity contribution in [2.24, 2.45) is 7.05 Å². The van der Waals surface area contributed by atoms with Crippen LogP contribution in [-0.4, -0.2) is 19.1 Å². The Morgan fingerprint density at radius 2 is 2.42 bits per heavy atom. The monoisotopic (exact) mass is 244 g/mol. The Morgan fingerprint density at radius 1 is 1.58 bits per heavy atom. The molecule has 0 aromatic carbocycles. The lowest BCUT2D eigenvalue weighted by atomic mass is 10.4. The van der Waals surface area contributed by atoms with Crippen LogP contribution >= 0.6 is 27.5 Å². The summed E-state index contributed by atoms with van der Waals surface area (Å²) in [4.78, 5) is 4.16. The number of halogens is 1. The Labute approximate surface area is 81.5 Å². The van der Waals surface area contributed by atoms with E-state index in [9.17, 15) is 0 Å². The van der Waals surface area contributed by atoms with Crippen LogP contribution in [0, 0.1) is 0 Å². The molecule has 12 heavy (non-hydrogen) atoms. The fourth-order valence-electron chi connectivity index (χ4n) is 0.854. The van der Waals surface area contributed by atoms with Crippen molar-refractivity contribution in [1.29, 1.82) is 0 Å². The molecule has 62 valence electrons. The minimum Gasteiger partial charge on any atom is -0.275 e. The lowest BCUT2D eigenvalue weighted by Crippen LogP contribution is -1.83. The second kappa shape index (κ2) is 2.95. The molecule has 2 aromatic rings. The smallest absolute Gasteiger partial charge is 0.209 e. The molecule has 0 atom stereocenters. The third-order valence-electron chi connectivity index (χ3n) is 1.35. The third kappa shape index (κ3) is 1.39. The first-order chi connectivity index (χ1) is 5.75. The minimum absolute atomic E-state index is 0.631. The number of aromatic nitrogens is 4. The Kier molecular flexibility index (Phi) is 1.93. The Bertz CT molecular complexity index is 355. The number of aryl methyl sites for hydroxylation is 1. The van der Waals surface area contributed by atoms with Crippen molar-refractivity contribution in [1.82, 2.24) is 19.1 Å². The first-order valence-electron chi connectivity index (χ1n) is 3.24. The summed E-state index contributed by atoms with van der Waals surface area (Å²) in [7, 11) is 1.87. The Hall–Kier alpha value is -0.750. The summed E-state index contributed by atoms with van der Waals surface area (Å²) in [6, 6.07) is 0. The topological polar surface area (TPSA) is 43.6 Å². The molecule has 0 aliphatic rings. The van der Waals surface area contributed by atoms with Crippen LogP contribution in [0.3, 0.4) is 0 Å². The minimum atomic E-state index is 0.631. The second-order valence-electron chi connectivity index (χ2n) is 2.27. The molecule has 0 spiro atoms. The molecule has 6 heteroatoms. The number of hydrogen-bond acceptors (Lipinski definition) is 4. The molecule has 4 nitrogen and oxygen atoms in total. The molecule has 0 aliphatic carbocycles. The average Bonchev–Trinajstić information content (AvgIpc) is 2.58. The van der Waals surface area contributed by atoms with Crippen LogP contribution in [0.4, 0.5) is 0 Å². The molecular formula is C6H5BrN4S. The van der Waals surface area contributed by atoms with Crippen LogP contribution < -0.4 is 0 Å². The maximum absolute atomic E-state index is 4.16. The summed E-state index contributed by atoms with van der Waals surface area (Å²) >= 11 is 4.55. The maximum atomic E-state index is 4.16. The van der Waals surface area contributed by atoms with E-state index in [2.05, 4.69) is 30.4 Å². The first kappa shape index (κ1) is 7.88. The molecule has 2 aromatic heterocycles. The molecule has 0 N–H and O–H groups in total. The molecule has 2 heterocycles. The third-order valence-corrected chi connectivity index (χ3v) is 2.71. The quantitative estimate of drug-likeness (QED) is 0.768. The van der Waals surface area contributed by atoms with E-state index >= 15 is 0 Å². The van der Waals surface area contributed by atoms with Gasteiger partial charge in [-0.1, -0.05) is 0 Å². The van der Waals surface area contributed by atoms with E-state index in [-0.39, 0.29) is 0 Å². The van der Waals surface area contributed by atoms with Crippen LogP contribution in [0.15, 0.2) is 17.1 Å². The largest absolute Gasteiger partial charge is 0.275 e. The van der Waals surface area contributed by atoms with Crippen molar-refractivity contribution in [2.45, 2.75) is 0 Å². The van der Waals surface area contributed by atoms with E-state index in [1.807, 2.05) is 13.2 Å². The van der Waals surface area contributed by atoms with Gasteiger partial charge in [0.15, 0.2) is 0 Å². The second-order valence-corrected chi connectivity index (χ2v) is 3.73. The SMILES string of the molecule is Cn1cc(-c2nc(Br)ns2)cn1. The van der Waals surface area contributed by atoms with E-state index in [4.69, 9.17) is 0 Å². The van der Waals surface area contributed by atoms with Gasteiger partial charge in [-0.15, -0.1) is 0 Å². The summed E-state index contributed by atoms with van der Waals surface area (Å²) in [6.45, 7) is 0. The van der Waals surface area contributed by atoms with Gasteiger partial charge in [-0.2, -0.15) is 9.47 Å². The van der Waals surface area contributed by atoms with Gasteiger partial charge in [0.2, 0.25) is 4.73 Å². The molecule has 0 radical (unpaired) electrons. The zero-order chi connectivity index (χ0) is 8.55. The van der Waals surface area contributed by atoms with Gasteiger partial charge in [0, 0.05) is 13.2 Å². The van der Waals surface area contributed by atoms with Crippen LogP contribution in [-0.2, 0) is 7.05 Å². The number of hydrogen-bond donors (Lipinski definition) is 0. The van der Waals surface area contributed by atoms with Crippen molar-refractivity contribution >= 4 is 27.5 Å². The average molecular weight is 245 g/mol. The predicted octanol–water partition coefficient (Wildman–Crippen LogP) is 1.70. The first-order valence-corrected chi connectivity index (χ1v) is 4.80. The van der Waals surface area contributed by atoms with Gasteiger partial charge >= 0.3 is 0 Å². The van der Waals surface area contributed by atoms with Crippen molar-refractivity contribution in [3.05, 3.63) is 17.1 Å². The molecule has 0 aliphatic heterocycles. The van der Waals surface area contributed by atoms with Crippen molar-refractivity contribution in [3.63, 3.8) is 0 Å². The summed E-state index contributed by atoms with van der Waals surface area (Å²) in [5, 5.41) is 4.93. The molecule has 0 saturated heterocycles. The number of rotatable bonds is 1. The summed E-state index contributed by atoms with van der Waals surface area (Å²) in [5.41, 5.74) is 1.00. The standard InChI is InChI=1S/C6H5BrN4S/c1-11-3-4(2-8-11)5-9-6(7)10-12-5/h2-3H,1H3. The van der Waals surface area contributed by atoms with Gasteiger partial charge in [-0.25, -0.2) is 4.98 Å². The van der Waals surface area contributed by atoms with E-state index < -0.39 is 0 Å². The fraction of sp³-hybridized carbons (Fsp3) is 0.167. The molecule has 0 saturated carbocycles. The van der Waals surface area contributed by atoms with E-state index in [0.717, 1.165) is 10.6 Å². The fourth-order valence-corrected chi connectivity index (χ4v) is 1.91. The molecule has 0 bridgehead atoms. The van der Waals surface area contributed by atoms with Gasteiger partial charge in [0.25, 0.3) is 0 Å². The van der Waals surface area contributed by atoms with Gasteiger partial charge in [-0.3, -0.25) is 4.68 Å². The highest BCUT2D eigenvalue weighted by molar-refractivity contribution is 9.10. The summed E-state index contributed by atoms with van der Waals surface area (Å²) < 4.78 is 6.38. The Morgan fingerprint density at radius 3 is 2.92 bits per heavy atom. The van der Waals surface area contributed by atoms with Gasteiger partial charge in [0.1, 0.15) is 5.01 Å². The highest BCUT2D eigenvalue weighted by Crippen LogP contribution is 2.21. The van der Waals surface area contributed by atoms with Crippen LogP contribution in [0.25, 0.3) is 10.6 Å². The molecule has 0 unspecified atom stereocenters. The van der Waals surface area contributed by atoms with Gasteiger partial charge in [-0.05, 0) is 27.5 Å². The zero-order valence-electron chi connectivity index (χ0n) is 6.23. The van der Waals surface area contributed by atoms with E-state index in [1.165, 1.54) is 11.5 Å². The lowest BCUT2D eigenvalue weighted by molar-refractivity contribution is 0.768. The normalized spacial score (nSPS) is 10.5. The highest BCUT2D eigenvalue weighted by atomic mass is 79.9. The summed E-state index contributed by atoms with van der Waals surface area (Å²) in [6.07, 6.45) is 3.68. The van der Waals surface area contributed by atoms with Crippen LogP contribution in [0.2, 0.25) is 0 Å². The van der Waals surface area contributed by atoms with Crippen molar-refractivity contribution in [3.8, 4) is 10.6 Å². The highest BCUT2D eigenvalue weighted by Gasteiger charge is 2.05. The van der Waals surface area contributed by atoms with Crippen LogP contribution in [0.5, 0.6) is 0 Å². The van der Waals surface area contributed by atoms with E-state index in [1.54, 1.807) is 10.9 Å². The van der Waals surface area contributed by atoms with Gasteiger partial charge in [0.05, 0.1) is 11.8 Å². The predicted molar refractivity (Wildman–Crippen MR) is 49.8 cm³/mol. The maximum Gasteiger partial charge on any atom is 0.209 e. The van der Waals surface area contributed by atoms with Crippen molar-refractivity contribution < 1.29 is 0 Å². The van der Waals surface area contributed by atoms with Crippen molar-refractivity contribution in [2.75, 3.05) is 0 Å².